The Balaban J connectivity index is 1.88. The Kier molecular flexibility index (Phi) is 5.16. The van der Waals surface area contributed by atoms with Crippen molar-refractivity contribution in [1.82, 2.24) is 5.43 Å². The molecule has 0 fully saturated rings. The third-order valence-electron chi connectivity index (χ3n) is 3.48. The van der Waals surface area contributed by atoms with Gasteiger partial charge in [0.25, 0.3) is 0 Å². The van der Waals surface area contributed by atoms with Crippen molar-refractivity contribution >= 4 is 12.1 Å². The number of nitrogens with one attached hydrogen (secondary N) is 1. The maximum atomic E-state index is 11.9. The number of nitrogens with zero attached hydrogens (tertiary/aromatic N) is 1. The van der Waals surface area contributed by atoms with Crippen molar-refractivity contribution in [2.24, 2.45) is 5.10 Å². The number of phenolic OH excluding ortho intramolecular Hbond substituents is 1. The number of aromatic hydroxyl groups is 1. The lowest BCUT2D eigenvalue weighted by atomic mass is 9.86. The van der Waals surface area contributed by atoms with E-state index >= 15 is 0 Å². The summed E-state index contributed by atoms with van der Waals surface area (Å²) in [5.41, 5.74) is 5.61. The standard InChI is InChI=1S/C19H22N2O2/c1-19(2,3)16-8-4-14(5-9-16)12-18(23)21-20-13-15-6-10-17(22)11-7-15/h4-11,13,22H,12H2,1-3H3,(H,21,23)/b20-13-. The predicted octanol–water partition coefficient (Wildman–Crippen LogP) is 3.38. The highest BCUT2D eigenvalue weighted by molar-refractivity contribution is 5.83. The first kappa shape index (κ1) is 16.7. The summed E-state index contributed by atoms with van der Waals surface area (Å²) in [7, 11) is 0. The van der Waals surface area contributed by atoms with Crippen LogP contribution in [0.1, 0.15) is 37.5 Å². The summed E-state index contributed by atoms with van der Waals surface area (Å²) in [6.45, 7) is 6.48. The summed E-state index contributed by atoms with van der Waals surface area (Å²) >= 11 is 0. The second kappa shape index (κ2) is 7.09. The van der Waals surface area contributed by atoms with Crippen LogP contribution in [0.5, 0.6) is 5.75 Å². The predicted molar refractivity (Wildman–Crippen MR) is 92.7 cm³/mol. The SMILES string of the molecule is CC(C)(C)c1ccc(CC(=O)N/N=C\c2ccc(O)cc2)cc1. The topological polar surface area (TPSA) is 61.7 Å². The second-order valence-corrected chi connectivity index (χ2v) is 6.51. The van der Waals surface area contributed by atoms with Crippen molar-refractivity contribution in [3.63, 3.8) is 0 Å². The van der Waals surface area contributed by atoms with Crippen LogP contribution in [-0.2, 0) is 16.6 Å². The minimum atomic E-state index is -0.163. The minimum absolute atomic E-state index is 0.106. The van der Waals surface area contributed by atoms with E-state index in [9.17, 15) is 9.90 Å². The number of hydrazone groups is 1. The molecule has 0 bridgehead atoms. The van der Waals surface area contributed by atoms with Crippen molar-refractivity contribution in [3.05, 3.63) is 65.2 Å². The molecule has 0 radical (unpaired) electrons. The number of hydrogen-bond acceptors (Lipinski definition) is 3. The first-order chi connectivity index (χ1) is 10.8. The van der Waals surface area contributed by atoms with Crippen LogP contribution in [0.15, 0.2) is 53.6 Å². The van der Waals surface area contributed by atoms with E-state index in [1.807, 2.05) is 12.1 Å². The molecule has 0 heterocycles. The van der Waals surface area contributed by atoms with Crippen LogP contribution >= 0.6 is 0 Å². The molecule has 2 aromatic carbocycles. The molecule has 4 nitrogen and oxygen atoms in total. The summed E-state index contributed by atoms with van der Waals surface area (Å²) < 4.78 is 0. The molecule has 2 rings (SSSR count). The van der Waals surface area contributed by atoms with E-state index in [2.05, 4.69) is 43.4 Å². The molecule has 0 unspecified atom stereocenters. The van der Waals surface area contributed by atoms with Crippen LogP contribution in [-0.4, -0.2) is 17.2 Å². The molecule has 120 valence electrons. The van der Waals surface area contributed by atoms with E-state index in [4.69, 9.17) is 0 Å². The molecule has 0 saturated heterocycles. The lowest BCUT2D eigenvalue weighted by molar-refractivity contribution is -0.120. The normalized spacial score (nSPS) is 11.6. The van der Waals surface area contributed by atoms with Gasteiger partial charge in [-0.25, -0.2) is 5.43 Å². The maximum Gasteiger partial charge on any atom is 0.244 e. The molecular weight excluding hydrogens is 288 g/mol. The van der Waals surface area contributed by atoms with Gasteiger partial charge in [-0.1, -0.05) is 45.0 Å². The fourth-order valence-corrected chi connectivity index (χ4v) is 2.09. The Hall–Kier alpha value is -2.62. The van der Waals surface area contributed by atoms with E-state index in [-0.39, 0.29) is 23.5 Å². The highest BCUT2D eigenvalue weighted by atomic mass is 16.3. The molecule has 2 aromatic rings. The molecular formula is C19H22N2O2. The van der Waals surface area contributed by atoms with Crippen LogP contribution in [0.25, 0.3) is 0 Å². The molecule has 0 aliphatic carbocycles. The third kappa shape index (κ3) is 5.25. The highest BCUT2D eigenvalue weighted by Gasteiger charge is 2.13. The fourth-order valence-electron chi connectivity index (χ4n) is 2.09. The number of amides is 1. The fraction of sp³-hybridized carbons (Fsp3) is 0.263. The van der Waals surface area contributed by atoms with Crippen LogP contribution < -0.4 is 5.43 Å². The molecule has 4 heteroatoms. The van der Waals surface area contributed by atoms with E-state index in [0.29, 0.717) is 0 Å². The van der Waals surface area contributed by atoms with Gasteiger partial charge in [-0.3, -0.25) is 4.79 Å². The van der Waals surface area contributed by atoms with Gasteiger partial charge in [-0.15, -0.1) is 0 Å². The van der Waals surface area contributed by atoms with E-state index in [1.54, 1.807) is 30.5 Å². The minimum Gasteiger partial charge on any atom is -0.508 e. The molecule has 0 aliphatic heterocycles. The lowest BCUT2D eigenvalue weighted by Crippen LogP contribution is -2.20. The summed E-state index contributed by atoms with van der Waals surface area (Å²) in [4.78, 5) is 11.9. The molecule has 0 aromatic heterocycles. The Labute approximate surface area is 136 Å². The van der Waals surface area contributed by atoms with E-state index in [1.165, 1.54) is 5.56 Å². The molecule has 2 N–H and O–H groups in total. The average molecular weight is 310 g/mol. The zero-order chi connectivity index (χ0) is 16.9. The van der Waals surface area contributed by atoms with Gasteiger partial charge in [0, 0.05) is 0 Å². The molecule has 1 amide bonds. The lowest BCUT2D eigenvalue weighted by Gasteiger charge is -2.19. The van der Waals surface area contributed by atoms with Crippen molar-refractivity contribution in [2.75, 3.05) is 0 Å². The summed E-state index contributed by atoms with van der Waals surface area (Å²) in [5, 5.41) is 13.1. The Morgan fingerprint density at radius 2 is 1.70 bits per heavy atom. The number of rotatable bonds is 4. The van der Waals surface area contributed by atoms with Crippen molar-refractivity contribution in [2.45, 2.75) is 32.6 Å². The number of carbonyl (C=O) groups excluding carboxylic acids is 1. The second-order valence-electron chi connectivity index (χ2n) is 6.51. The molecule has 0 spiro atoms. The maximum absolute atomic E-state index is 11.9. The average Bonchev–Trinajstić information content (AvgIpc) is 2.49. The van der Waals surface area contributed by atoms with E-state index < -0.39 is 0 Å². The van der Waals surface area contributed by atoms with Gasteiger partial charge >= 0.3 is 0 Å². The van der Waals surface area contributed by atoms with Crippen molar-refractivity contribution in [3.8, 4) is 5.75 Å². The van der Waals surface area contributed by atoms with Crippen LogP contribution in [0.4, 0.5) is 0 Å². The molecule has 0 saturated carbocycles. The van der Waals surface area contributed by atoms with Crippen LogP contribution in [0, 0.1) is 0 Å². The molecule has 0 aliphatic rings. The number of carbonyl (C=O) groups is 1. The van der Waals surface area contributed by atoms with E-state index in [0.717, 1.165) is 11.1 Å². The highest BCUT2D eigenvalue weighted by Crippen LogP contribution is 2.22. The van der Waals surface area contributed by atoms with Gasteiger partial charge in [-0.2, -0.15) is 5.10 Å². The zero-order valence-electron chi connectivity index (χ0n) is 13.7. The largest absolute Gasteiger partial charge is 0.508 e. The number of hydrogen-bond donors (Lipinski definition) is 2. The van der Waals surface area contributed by atoms with Gasteiger partial charge in [0.05, 0.1) is 12.6 Å². The summed E-state index contributed by atoms with van der Waals surface area (Å²) in [6.07, 6.45) is 1.83. The Morgan fingerprint density at radius 3 is 2.26 bits per heavy atom. The summed E-state index contributed by atoms with van der Waals surface area (Å²) in [5.74, 6) is 0.0356. The monoisotopic (exact) mass is 310 g/mol. The quantitative estimate of drug-likeness (QED) is 0.672. The van der Waals surface area contributed by atoms with Gasteiger partial charge in [0.1, 0.15) is 5.75 Å². The number of benzene rings is 2. The number of phenols is 1. The first-order valence-corrected chi connectivity index (χ1v) is 7.55. The zero-order valence-corrected chi connectivity index (χ0v) is 13.7. The summed E-state index contributed by atoms with van der Waals surface area (Å²) in [6, 6.07) is 14.6. The third-order valence-corrected chi connectivity index (χ3v) is 3.48. The van der Waals surface area contributed by atoms with Crippen molar-refractivity contribution in [1.29, 1.82) is 0 Å². The Bertz CT molecular complexity index is 681. The van der Waals surface area contributed by atoms with Gasteiger partial charge in [0.2, 0.25) is 5.91 Å². The van der Waals surface area contributed by atoms with Gasteiger partial charge in [-0.05, 0) is 46.4 Å². The van der Waals surface area contributed by atoms with Crippen LogP contribution in [0.3, 0.4) is 0 Å². The van der Waals surface area contributed by atoms with Gasteiger partial charge < -0.3 is 5.11 Å². The Morgan fingerprint density at radius 1 is 1.09 bits per heavy atom. The smallest absolute Gasteiger partial charge is 0.244 e. The molecule has 23 heavy (non-hydrogen) atoms. The first-order valence-electron chi connectivity index (χ1n) is 7.55. The van der Waals surface area contributed by atoms with Gasteiger partial charge in [0.15, 0.2) is 0 Å². The van der Waals surface area contributed by atoms with Crippen molar-refractivity contribution < 1.29 is 9.90 Å². The van der Waals surface area contributed by atoms with Crippen LogP contribution in [0.2, 0.25) is 0 Å². The molecule has 0 atom stereocenters.